The molecule has 0 heteroatoms. The van der Waals surface area contributed by atoms with Gasteiger partial charge in [-0.3, -0.25) is 0 Å². The highest BCUT2D eigenvalue weighted by atomic mass is 13.9. The molecule has 0 saturated heterocycles. The molecular weight excluding hydrogens is 144 g/mol. The van der Waals surface area contributed by atoms with Gasteiger partial charge >= 0.3 is 0 Å². The van der Waals surface area contributed by atoms with E-state index >= 15 is 0 Å². The normalized spacial score (nSPS) is 20.0. The number of rotatable bonds is 0. The van der Waals surface area contributed by atoms with Crippen LogP contribution in [0.1, 0.15) is 38.5 Å². The van der Waals surface area contributed by atoms with Crippen molar-refractivity contribution in [1.29, 1.82) is 0 Å². The molecule has 0 N–H and O–H groups in total. The van der Waals surface area contributed by atoms with Crippen molar-refractivity contribution in [3.05, 3.63) is 36.5 Å². The van der Waals surface area contributed by atoms with Crippen LogP contribution < -0.4 is 0 Å². The van der Waals surface area contributed by atoms with Crippen molar-refractivity contribution in [2.24, 2.45) is 0 Å². The predicted molar refractivity (Wildman–Crippen MR) is 53.8 cm³/mol. The van der Waals surface area contributed by atoms with Crippen molar-refractivity contribution in [2.45, 2.75) is 38.5 Å². The molecule has 0 unspecified atom stereocenters. The lowest BCUT2D eigenvalue weighted by Crippen LogP contribution is -1.73. The summed E-state index contributed by atoms with van der Waals surface area (Å²) in [5.41, 5.74) is 0. The SMILES string of the molecule is [C]1=CCC=CCCC=CCCC1. The largest absolute Gasteiger partial charge is 0.0885 e. The predicted octanol–water partition coefficient (Wildman–Crippen LogP) is 3.81. The zero-order valence-electron chi connectivity index (χ0n) is 7.63. The lowest BCUT2D eigenvalue weighted by molar-refractivity contribution is 0.845. The molecule has 0 spiro atoms. The van der Waals surface area contributed by atoms with Crippen molar-refractivity contribution in [3.63, 3.8) is 0 Å². The van der Waals surface area contributed by atoms with Gasteiger partial charge in [-0.15, -0.1) is 0 Å². The molecule has 1 aliphatic rings. The highest BCUT2D eigenvalue weighted by molar-refractivity contribution is 4.93. The van der Waals surface area contributed by atoms with Crippen LogP contribution in [-0.4, -0.2) is 0 Å². The molecular formula is C12H17. The van der Waals surface area contributed by atoms with Gasteiger partial charge in [0.1, 0.15) is 0 Å². The molecule has 0 nitrogen and oxygen atoms in total. The second-order valence-corrected chi connectivity index (χ2v) is 3.06. The molecule has 0 aliphatic heterocycles. The summed E-state index contributed by atoms with van der Waals surface area (Å²) in [5.74, 6) is 0. The van der Waals surface area contributed by atoms with Gasteiger partial charge in [0.05, 0.1) is 0 Å². The van der Waals surface area contributed by atoms with Crippen molar-refractivity contribution in [1.82, 2.24) is 0 Å². The minimum absolute atomic E-state index is 1.06. The Labute approximate surface area is 75.7 Å². The molecule has 0 saturated carbocycles. The summed E-state index contributed by atoms with van der Waals surface area (Å²) in [6.07, 6.45) is 21.5. The zero-order chi connectivity index (χ0) is 8.49. The summed E-state index contributed by atoms with van der Waals surface area (Å²) in [4.78, 5) is 0. The molecule has 65 valence electrons. The third kappa shape index (κ3) is 4.95. The van der Waals surface area contributed by atoms with Gasteiger partial charge in [0.15, 0.2) is 0 Å². The van der Waals surface area contributed by atoms with Crippen LogP contribution in [0.15, 0.2) is 30.4 Å². The first kappa shape index (κ1) is 9.31. The molecule has 0 fully saturated rings. The molecule has 1 aliphatic carbocycles. The van der Waals surface area contributed by atoms with Gasteiger partial charge in [0.2, 0.25) is 0 Å². The van der Waals surface area contributed by atoms with Crippen molar-refractivity contribution >= 4 is 0 Å². The molecule has 0 atom stereocenters. The Kier molecular flexibility index (Phi) is 5.35. The van der Waals surface area contributed by atoms with Crippen LogP contribution in [0.3, 0.4) is 0 Å². The average molecular weight is 161 g/mol. The van der Waals surface area contributed by atoms with Crippen LogP contribution in [0, 0.1) is 6.08 Å². The number of hydrogen-bond acceptors (Lipinski definition) is 0. The third-order valence-electron chi connectivity index (χ3n) is 1.92. The van der Waals surface area contributed by atoms with Gasteiger partial charge in [-0.2, -0.15) is 0 Å². The molecule has 1 rings (SSSR count). The first-order valence-corrected chi connectivity index (χ1v) is 4.85. The lowest BCUT2D eigenvalue weighted by Gasteiger charge is -1.92. The minimum atomic E-state index is 1.06. The van der Waals surface area contributed by atoms with E-state index in [-0.39, 0.29) is 0 Å². The monoisotopic (exact) mass is 161 g/mol. The molecule has 0 bridgehead atoms. The Hall–Kier alpha value is -0.780. The second-order valence-electron chi connectivity index (χ2n) is 3.06. The Balaban J connectivity index is 2.30. The summed E-state index contributed by atoms with van der Waals surface area (Å²) in [5, 5.41) is 0. The van der Waals surface area contributed by atoms with Gasteiger partial charge in [-0.05, 0) is 44.6 Å². The minimum Gasteiger partial charge on any atom is -0.0885 e. The fourth-order valence-electron chi connectivity index (χ4n) is 1.22. The van der Waals surface area contributed by atoms with E-state index in [1.165, 1.54) is 25.7 Å². The van der Waals surface area contributed by atoms with Crippen LogP contribution in [0.2, 0.25) is 0 Å². The second kappa shape index (κ2) is 6.90. The van der Waals surface area contributed by atoms with E-state index in [4.69, 9.17) is 0 Å². The van der Waals surface area contributed by atoms with Crippen LogP contribution in [0.5, 0.6) is 0 Å². The summed E-state index contributed by atoms with van der Waals surface area (Å²) in [6, 6.07) is 0. The molecule has 12 heavy (non-hydrogen) atoms. The quantitative estimate of drug-likeness (QED) is 0.474. The maximum Gasteiger partial charge on any atom is -0.0163 e. The fourth-order valence-corrected chi connectivity index (χ4v) is 1.22. The first-order valence-electron chi connectivity index (χ1n) is 4.85. The Morgan fingerprint density at radius 3 is 2.50 bits per heavy atom. The van der Waals surface area contributed by atoms with Gasteiger partial charge in [-0.25, -0.2) is 0 Å². The molecule has 0 aromatic carbocycles. The van der Waals surface area contributed by atoms with Gasteiger partial charge in [0.25, 0.3) is 0 Å². The topological polar surface area (TPSA) is 0 Å². The lowest BCUT2D eigenvalue weighted by atomic mass is 10.1. The van der Waals surface area contributed by atoms with Gasteiger partial charge in [0, 0.05) is 0 Å². The highest BCUT2D eigenvalue weighted by Gasteiger charge is 1.83. The Morgan fingerprint density at radius 2 is 1.58 bits per heavy atom. The van der Waals surface area contributed by atoms with E-state index in [1.54, 1.807) is 0 Å². The number of hydrogen-bond donors (Lipinski definition) is 0. The first-order chi connectivity index (χ1) is 6.00. The molecule has 0 aromatic rings. The van der Waals surface area contributed by atoms with E-state index in [9.17, 15) is 0 Å². The third-order valence-corrected chi connectivity index (χ3v) is 1.92. The Bertz CT molecular complexity index is 172. The van der Waals surface area contributed by atoms with Crippen LogP contribution in [0.4, 0.5) is 0 Å². The fraction of sp³-hybridized carbons (Fsp3) is 0.500. The number of allylic oxidation sites excluding steroid dienone is 6. The van der Waals surface area contributed by atoms with Crippen LogP contribution in [0.25, 0.3) is 0 Å². The smallest absolute Gasteiger partial charge is 0.0163 e. The van der Waals surface area contributed by atoms with Crippen molar-refractivity contribution in [2.75, 3.05) is 0 Å². The van der Waals surface area contributed by atoms with Crippen LogP contribution >= 0.6 is 0 Å². The maximum absolute atomic E-state index is 3.29. The highest BCUT2D eigenvalue weighted by Crippen LogP contribution is 2.02. The van der Waals surface area contributed by atoms with E-state index in [2.05, 4.69) is 36.5 Å². The summed E-state index contributed by atoms with van der Waals surface area (Å²) < 4.78 is 0. The van der Waals surface area contributed by atoms with Crippen molar-refractivity contribution in [3.8, 4) is 0 Å². The van der Waals surface area contributed by atoms with E-state index in [0.717, 1.165) is 12.8 Å². The molecule has 0 aromatic heterocycles. The van der Waals surface area contributed by atoms with E-state index in [0.29, 0.717) is 0 Å². The Morgan fingerprint density at radius 1 is 0.833 bits per heavy atom. The van der Waals surface area contributed by atoms with Crippen LogP contribution in [-0.2, 0) is 0 Å². The summed E-state index contributed by atoms with van der Waals surface area (Å²) >= 11 is 0. The zero-order valence-corrected chi connectivity index (χ0v) is 7.63. The van der Waals surface area contributed by atoms with E-state index < -0.39 is 0 Å². The van der Waals surface area contributed by atoms with Crippen molar-refractivity contribution < 1.29 is 0 Å². The summed E-state index contributed by atoms with van der Waals surface area (Å²) in [6.45, 7) is 0. The standard InChI is InChI=1S/C12H17/c1-2-4-6-8-10-12-11-9-7-5-3-1/h1-2,5,8,10H,3-4,6,9,11-12H2. The molecule has 1 radical (unpaired) electrons. The van der Waals surface area contributed by atoms with Gasteiger partial charge < -0.3 is 0 Å². The van der Waals surface area contributed by atoms with E-state index in [1.807, 2.05) is 0 Å². The molecule has 0 amide bonds. The molecule has 0 heterocycles. The summed E-state index contributed by atoms with van der Waals surface area (Å²) in [7, 11) is 0. The van der Waals surface area contributed by atoms with Gasteiger partial charge in [-0.1, -0.05) is 30.4 Å². The maximum atomic E-state index is 3.29. The average Bonchev–Trinajstić information content (AvgIpc) is 2.05.